The van der Waals surface area contributed by atoms with Gasteiger partial charge in [0.25, 0.3) is 10.0 Å². The molecule has 0 atom stereocenters. The summed E-state index contributed by atoms with van der Waals surface area (Å²) >= 11 is 12.3. The van der Waals surface area contributed by atoms with Crippen molar-refractivity contribution in [2.45, 2.75) is 17.7 Å². The van der Waals surface area contributed by atoms with Gasteiger partial charge in [-0.2, -0.15) is 0 Å². The zero-order chi connectivity index (χ0) is 18.9. The number of halogens is 2. The molecule has 0 saturated carbocycles. The number of benzene rings is 2. The van der Waals surface area contributed by atoms with Crippen molar-refractivity contribution in [3.63, 3.8) is 0 Å². The molecule has 8 heteroatoms. The molecule has 0 amide bonds. The van der Waals surface area contributed by atoms with Crippen molar-refractivity contribution < 1.29 is 17.9 Å². The van der Waals surface area contributed by atoms with Crippen LogP contribution >= 0.6 is 23.2 Å². The molecule has 3 aromatic rings. The van der Waals surface area contributed by atoms with E-state index in [0.717, 1.165) is 0 Å². The third kappa shape index (κ3) is 3.32. The monoisotopic (exact) mass is 411 g/mol. The second kappa shape index (κ2) is 7.31. The minimum atomic E-state index is -3.87. The van der Waals surface area contributed by atoms with Gasteiger partial charge >= 0.3 is 5.97 Å². The van der Waals surface area contributed by atoms with E-state index >= 15 is 0 Å². The molecule has 3 rings (SSSR count). The predicted molar refractivity (Wildman–Crippen MR) is 101 cm³/mol. The van der Waals surface area contributed by atoms with E-state index in [9.17, 15) is 13.2 Å². The second-order valence-electron chi connectivity index (χ2n) is 5.59. The molecule has 0 N–H and O–H groups in total. The molecule has 0 bridgehead atoms. The molecule has 1 heterocycles. The van der Waals surface area contributed by atoms with Crippen LogP contribution in [0.1, 0.15) is 12.1 Å². The summed E-state index contributed by atoms with van der Waals surface area (Å²) < 4.78 is 32.3. The largest absolute Gasteiger partial charge is 0.469 e. The third-order valence-electron chi connectivity index (χ3n) is 3.99. The van der Waals surface area contributed by atoms with E-state index in [1.807, 2.05) is 0 Å². The summed E-state index contributed by atoms with van der Waals surface area (Å²) in [6.07, 6.45) is 0.226. The minimum absolute atomic E-state index is 0.0441. The molecule has 26 heavy (non-hydrogen) atoms. The Balaban J connectivity index is 2.24. The zero-order valence-corrected chi connectivity index (χ0v) is 16.1. The molecule has 0 aliphatic heterocycles. The van der Waals surface area contributed by atoms with Gasteiger partial charge in [0.15, 0.2) is 0 Å². The first-order chi connectivity index (χ1) is 12.4. The van der Waals surface area contributed by atoms with Gasteiger partial charge in [-0.3, -0.25) is 4.79 Å². The Bertz CT molecular complexity index is 1080. The van der Waals surface area contributed by atoms with Crippen LogP contribution in [0.25, 0.3) is 10.9 Å². The number of aromatic nitrogens is 1. The van der Waals surface area contributed by atoms with Crippen LogP contribution in [0.3, 0.4) is 0 Å². The van der Waals surface area contributed by atoms with Gasteiger partial charge in [-0.05, 0) is 36.8 Å². The second-order valence-corrected chi connectivity index (χ2v) is 8.16. The van der Waals surface area contributed by atoms with Crippen LogP contribution in [0.2, 0.25) is 10.0 Å². The molecule has 0 aliphatic carbocycles. The van der Waals surface area contributed by atoms with Crippen molar-refractivity contribution in [2.75, 3.05) is 7.11 Å². The van der Waals surface area contributed by atoms with E-state index in [2.05, 4.69) is 4.74 Å². The van der Waals surface area contributed by atoms with Gasteiger partial charge in [-0.1, -0.05) is 41.4 Å². The number of carbonyl (C=O) groups excluding carboxylic acids is 1. The molecule has 0 fully saturated rings. The van der Waals surface area contributed by atoms with Crippen LogP contribution in [0.15, 0.2) is 53.4 Å². The molecule has 136 valence electrons. The number of methoxy groups -OCH3 is 1. The predicted octanol–water partition coefficient (Wildman–Crippen LogP) is 4.29. The smallest absolute Gasteiger partial charge is 0.305 e. The van der Waals surface area contributed by atoms with Gasteiger partial charge in [0.1, 0.15) is 0 Å². The van der Waals surface area contributed by atoms with Crippen molar-refractivity contribution in [3.8, 4) is 0 Å². The summed E-state index contributed by atoms with van der Waals surface area (Å²) in [5, 5.41) is 1.11. The van der Waals surface area contributed by atoms with Crippen LogP contribution in [-0.2, 0) is 26.0 Å². The van der Waals surface area contributed by atoms with Crippen LogP contribution in [0.4, 0.5) is 0 Å². The van der Waals surface area contributed by atoms with Crippen molar-refractivity contribution in [1.82, 2.24) is 3.97 Å². The molecule has 5 nitrogen and oxygen atoms in total. The number of rotatable bonds is 5. The first kappa shape index (κ1) is 18.8. The number of esters is 1. The van der Waals surface area contributed by atoms with Crippen LogP contribution in [-0.4, -0.2) is 25.5 Å². The van der Waals surface area contributed by atoms with E-state index < -0.39 is 16.0 Å². The summed E-state index contributed by atoms with van der Waals surface area (Å²) in [5.41, 5.74) is 0.835. The number of nitrogens with zero attached hydrogens (tertiary/aromatic N) is 1. The van der Waals surface area contributed by atoms with Crippen molar-refractivity contribution >= 4 is 50.1 Å². The average molecular weight is 412 g/mol. The number of aryl methyl sites for hydroxylation is 1. The first-order valence-electron chi connectivity index (χ1n) is 7.72. The van der Waals surface area contributed by atoms with E-state index in [-0.39, 0.29) is 22.8 Å². The highest BCUT2D eigenvalue weighted by atomic mass is 35.5. The number of hydrogen-bond acceptors (Lipinski definition) is 4. The molecule has 0 radical (unpaired) electrons. The Labute approximate surface area is 161 Å². The van der Waals surface area contributed by atoms with Gasteiger partial charge in [-0.25, -0.2) is 12.4 Å². The Kier molecular flexibility index (Phi) is 5.27. The Morgan fingerprint density at radius 3 is 2.46 bits per heavy atom. The number of hydrogen-bond donors (Lipinski definition) is 0. The molecular formula is C18H15Cl2NO4S. The summed E-state index contributed by atoms with van der Waals surface area (Å²) in [6, 6.07) is 12.9. The third-order valence-corrected chi connectivity index (χ3v) is 6.59. The zero-order valence-electron chi connectivity index (χ0n) is 13.8. The number of fused-ring (bicyclic) bond motifs is 1. The normalized spacial score (nSPS) is 11.7. The maximum atomic E-state index is 13.2. The van der Waals surface area contributed by atoms with E-state index in [4.69, 9.17) is 23.2 Å². The molecular weight excluding hydrogens is 397 g/mol. The standard InChI is InChI=1S/C18H15Cl2NO4S/c1-25-17(22)10-7-12-11-14-16(9-8-15(19)18(14)20)21(12)26(23,24)13-5-3-2-4-6-13/h2-6,8-9,11H,7,10H2,1H3. The van der Waals surface area contributed by atoms with E-state index in [1.165, 1.54) is 23.2 Å². The first-order valence-corrected chi connectivity index (χ1v) is 9.91. The molecule has 0 saturated heterocycles. The fourth-order valence-corrected chi connectivity index (χ4v) is 4.70. The minimum Gasteiger partial charge on any atom is -0.469 e. The van der Waals surface area contributed by atoms with Crippen molar-refractivity contribution in [1.29, 1.82) is 0 Å². The average Bonchev–Trinajstić information content (AvgIpc) is 3.03. The maximum Gasteiger partial charge on any atom is 0.305 e. The molecule has 0 spiro atoms. The van der Waals surface area contributed by atoms with E-state index in [1.54, 1.807) is 36.4 Å². The highest BCUT2D eigenvalue weighted by Gasteiger charge is 2.24. The molecule has 1 aromatic heterocycles. The lowest BCUT2D eigenvalue weighted by atomic mass is 10.2. The van der Waals surface area contributed by atoms with Crippen LogP contribution in [0.5, 0.6) is 0 Å². The summed E-state index contributed by atoms with van der Waals surface area (Å²) in [4.78, 5) is 11.7. The van der Waals surface area contributed by atoms with Gasteiger partial charge in [0, 0.05) is 11.1 Å². The van der Waals surface area contributed by atoms with Crippen LogP contribution < -0.4 is 0 Å². The maximum absolute atomic E-state index is 13.2. The molecule has 2 aromatic carbocycles. The van der Waals surface area contributed by atoms with Gasteiger partial charge < -0.3 is 4.74 Å². The molecule has 0 unspecified atom stereocenters. The van der Waals surface area contributed by atoms with Crippen molar-refractivity contribution in [3.05, 3.63) is 64.3 Å². The van der Waals surface area contributed by atoms with Gasteiger partial charge in [0.05, 0.1) is 34.0 Å². The fourth-order valence-electron chi connectivity index (χ4n) is 2.74. The lowest BCUT2D eigenvalue weighted by Gasteiger charge is -2.12. The van der Waals surface area contributed by atoms with Gasteiger partial charge in [0.2, 0.25) is 0 Å². The number of ether oxygens (including phenoxy) is 1. The molecule has 0 aliphatic rings. The van der Waals surface area contributed by atoms with Gasteiger partial charge in [-0.15, -0.1) is 0 Å². The highest BCUT2D eigenvalue weighted by molar-refractivity contribution is 7.90. The fraction of sp³-hybridized carbons (Fsp3) is 0.167. The van der Waals surface area contributed by atoms with E-state index in [0.29, 0.717) is 21.6 Å². The summed E-state index contributed by atoms with van der Waals surface area (Å²) in [5.74, 6) is -0.428. The number of carbonyl (C=O) groups is 1. The Morgan fingerprint density at radius 1 is 1.12 bits per heavy atom. The van der Waals surface area contributed by atoms with Crippen LogP contribution in [0, 0.1) is 0 Å². The van der Waals surface area contributed by atoms with Crippen molar-refractivity contribution in [2.24, 2.45) is 0 Å². The quantitative estimate of drug-likeness (QED) is 0.587. The Hall–Kier alpha value is -2.02. The SMILES string of the molecule is COC(=O)CCc1cc2c(Cl)c(Cl)ccc2n1S(=O)(=O)c1ccccc1. The summed E-state index contributed by atoms with van der Waals surface area (Å²) in [7, 11) is -2.59. The highest BCUT2D eigenvalue weighted by Crippen LogP contribution is 2.35. The summed E-state index contributed by atoms with van der Waals surface area (Å²) in [6.45, 7) is 0. The lowest BCUT2D eigenvalue weighted by Crippen LogP contribution is -2.16. The topological polar surface area (TPSA) is 65.4 Å². The Morgan fingerprint density at radius 2 is 1.81 bits per heavy atom. The lowest BCUT2D eigenvalue weighted by molar-refractivity contribution is -0.140.